The molecule has 0 saturated carbocycles. The predicted molar refractivity (Wildman–Crippen MR) is 135 cm³/mol. The van der Waals surface area contributed by atoms with Crippen LogP contribution in [-0.4, -0.2) is 39.2 Å². The fourth-order valence-corrected chi connectivity index (χ4v) is 4.58. The lowest BCUT2D eigenvalue weighted by Crippen LogP contribution is -2.43. The first kappa shape index (κ1) is 25.4. The third-order valence-electron chi connectivity index (χ3n) is 5.48. The lowest BCUT2D eigenvalue weighted by molar-refractivity contribution is -0.118. The molecule has 4 rings (SSSR count). The van der Waals surface area contributed by atoms with Crippen LogP contribution in [0.2, 0.25) is 5.02 Å². The van der Waals surface area contributed by atoms with Crippen molar-refractivity contribution in [2.45, 2.75) is 12.5 Å². The van der Waals surface area contributed by atoms with Gasteiger partial charge in [-0.2, -0.15) is 0 Å². The maximum absolute atomic E-state index is 15.1. The zero-order chi connectivity index (χ0) is 26.0. The summed E-state index contributed by atoms with van der Waals surface area (Å²) in [5.41, 5.74) is 0.230. The van der Waals surface area contributed by atoms with Crippen LogP contribution in [0.25, 0.3) is 11.1 Å². The van der Waals surface area contributed by atoms with Gasteiger partial charge in [0.1, 0.15) is 6.04 Å². The number of nitrogens with zero attached hydrogens (tertiary/aromatic N) is 1. The summed E-state index contributed by atoms with van der Waals surface area (Å²) in [6, 6.07) is 13.3. The molecule has 36 heavy (non-hydrogen) atoms. The highest BCUT2D eigenvalue weighted by atomic mass is 35.5. The minimum absolute atomic E-state index is 0.0622. The number of urea groups is 1. The Bertz CT molecular complexity index is 1430. The van der Waals surface area contributed by atoms with Gasteiger partial charge in [0.15, 0.2) is 11.6 Å². The number of para-hydroxylation sites is 1. The Balaban J connectivity index is 1.52. The van der Waals surface area contributed by atoms with E-state index in [-0.39, 0.29) is 35.5 Å². The summed E-state index contributed by atoms with van der Waals surface area (Å²) >= 11 is 5.82. The summed E-state index contributed by atoms with van der Waals surface area (Å²) in [7, 11) is -3.66. The van der Waals surface area contributed by atoms with Crippen LogP contribution >= 0.6 is 11.6 Å². The van der Waals surface area contributed by atoms with Crippen LogP contribution in [0.15, 0.2) is 60.7 Å². The van der Waals surface area contributed by atoms with Crippen LogP contribution in [0.5, 0.6) is 0 Å². The Hall–Kier alpha value is -3.70. The van der Waals surface area contributed by atoms with Crippen molar-refractivity contribution in [3.05, 3.63) is 77.3 Å². The topological polar surface area (TPSA) is 108 Å². The van der Waals surface area contributed by atoms with Gasteiger partial charge in [-0.05, 0) is 48.9 Å². The third kappa shape index (κ3) is 5.58. The molecular weight excluding hydrogens is 514 g/mol. The SMILES string of the molecule is CS(=O)(=O)Nc1ccccc1-c1ccc(N2CC[C@@H](NC(=O)Nc3ccc(Cl)cc3)C2=O)c(F)c1F. The van der Waals surface area contributed by atoms with Gasteiger partial charge in [-0.25, -0.2) is 22.0 Å². The number of benzene rings is 3. The van der Waals surface area contributed by atoms with E-state index < -0.39 is 39.6 Å². The van der Waals surface area contributed by atoms with Crippen LogP contribution in [0.4, 0.5) is 30.6 Å². The van der Waals surface area contributed by atoms with Crippen molar-refractivity contribution in [3.8, 4) is 11.1 Å². The van der Waals surface area contributed by atoms with Gasteiger partial charge < -0.3 is 15.5 Å². The molecule has 1 fully saturated rings. The highest BCUT2D eigenvalue weighted by Gasteiger charge is 2.36. The minimum atomic E-state index is -3.66. The molecule has 3 N–H and O–H groups in total. The fourth-order valence-electron chi connectivity index (χ4n) is 3.87. The maximum atomic E-state index is 15.1. The van der Waals surface area contributed by atoms with E-state index >= 15 is 8.78 Å². The van der Waals surface area contributed by atoms with Gasteiger partial charge in [0.2, 0.25) is 15.9 Å². The number of nitrogens with one attached hydrogen (secondary N) is 3. The second-order valence-electron chi connectivity index (χ2n) is 8.12. The molecule has 1 aliphatic rings. The molecule has 0 aromatic heterocycles. The number of halogens is 3. The van der Waals surface area contributed by atoms with Gasteiger partial charge in [-0.3, -0.25) is 9.52 Å². The Kier molecular flexibility index (Phi) is 7.14. The molecule has 8 nitrogen and oxygen atoms in total. The van der Waals surface area contributed by atoms with Crippen molar-refractivity contribution in [2.24, 2.45) is 0 Å². The van der Waals surface area contributed by atoms with Crippen molar-refractivity contribution in [2.75, 3.05) is 27.7 Å². The molecule has 0 unspecified atom stereocenters. The lowest BCUT2D eigenvalue weighted by Gasteiger charge is -2.20. The van der Waals surface area contributed by atoms with E-state index in [1.165, 1.54) is 24.3 Å². The Morgan fingerprint density at radius 3 is 2.39 bits per heavy atom. The number of amides is 3. The highest BCUT2D eigenvalue weighted by Crippen LogP contribution is 2.35. The van der Waals surface area contributed by atoms with E-state index in [1.54, 1.807) is 36.4 Å². The van der Waals surface area contributed by atoms with Crippen LogP contribution in [0.1, 0.15) is 6.42 Å². The number of carbonyl (C=O) groups is 2. The molecule has 12 heteroatoms. The highest BCUT2D eigenvalue weighted by molar-refractivity contribution is 7.92. The average Bonchev–Trinajstić information content (AvgIpc) is 3.16. The molecule has 1 atom stereocenters. The number of carbonyl (C=O) groups excluding carboxylic acids is 2. The zero-order valence-electron chi connectivity index (χ0n) is 18.9. The van der Waals surface area contributed by atoms with Crippen molar-refractivity contribution >= 4 is 50.6 Å². The summed E-state index contributed by atoms with van der Waals surface area (Å²) < 4.78 is 55.9. The summed E-state index contributed by atoms with van der Waals surface area (Å²) in [6.45, 7) is 0.0622. The first-order chi connectivity index (χ1) is 17.0. The lowest BCUT2D eigenvalue weighted by atomic mass is 10.0. The van der Waals surface area contributed by atoms with Crippen LogP contribution in [-0.2, 0) is 14.8 Å². The largest absolute Gasteiger partial charge is 0.326 e. The molecule has 3 aromatic carbocycles. The smallest absolute Gasteiger partial charge is 0.319 e. The molecule has 3 amide bonds. The van der Waals surface area contributed by atoms with E-state index in [0.717, 1.165) is 11.2 Å². The average molecular weight is 535 g/mol. The standard InChI is InChI=1S/C24H21ClF2N4O4S/c1-36(34,35)30-18-5-3-2-4-16(18)17-10-11-20(22(27)21(17)26)31-13-12-19(23(31)32)29-24(33)28-15-8-6-14(25)7-9-15/h2-11,19,30H,12-13H2,1H3,(H2,28,29,33)/t19-/m1/s1. The minimum Gasteiger partial charge on any atom is -0.326 e. The van der Waals surface area contributed by atoms with E-state index in [1.807, 2.05) is 0 Å². The molecule has 188 valence electrons. The number of anilines is 3. The first-order valence-corrected chi connectivity index (χ1v) is 13.0. The van der Waals surface area contributed by atoms with Crippen molar-refractivity contribution < 1.29 is 26.8 Å². The van der Waals surface area contributed by atoms with Crippen molar-refractivity contribution in [3.63, 3.8) is 0 Å². The van der Waals surface area contributed by atoms with Crippen molar-refractivity contribution in [1.29, 1.82) is 0 Å². The van der Waals surface area contributed by atoms with Gasteiger partial charge in [-0.1, -0.05) is 29.8 Å². The van der Waals surface area contributed by atoms with E-state index in [9.17, 15) is 18.0 Å². The van der Waals surface area contributed by atoms with Gasteiger partial charge >= 0.3 is 6.03 Å². The van der Waals surface area contributed by atoms with Gasteiger partial charge in [-0.15, -0.1) is 0 Å². The molecule has 1 saturated heterocycles. The number of hydrogen-bond donors (Lipinski definition) is 3. The number of hydrogen-bond acceptors (Lipinski definition) is 4. The summed E-state index contributed by atoms with van der Waals surface area (Å²) in [5.74, 6) is -3.09. The molecule has 1 aliphatic heterocycles. The summed E-state index contributed by atoms with van der Waals surface area (Å²) in [4.78, 5) is 26.2. The number of rotatable bonds is 6. The van der Waals surface area contributed by atoms with Crippen LogP contribution < -0.4 is 20.3 Å². The molecule has 0 spiro atoms. The monoisotopic (exact) mass is 534 g/mol. The second-order valence-corrected chi connectivity index (χ2v) is 10.3. The zero-order valence-corrected chi connectivity index (χ0v) is 20.5. The van der Waals surface area contributed by atoms with Crippen LogP contribution in [0, 0.1) is 11.6 Å². The predicted octanol–water partition coefficient (Wildman–Crippen LogP) is 4.58. The van der Waals surface area contributed by atoms with E-state index in [4.69, 9.17) is 11.6 Å². The Morgan fingerprint density at radius 1 is 1.00 bits per heavy atom. The Labute approximate surface area is 211 Å². The molecule has 0 bridgehead atoms. The number of sulfonamides is 1. The van der Waals surface area contributed by atoms with Crippen molar-refractivity contribution in [1.82, 2.24) is 5.32 Å². The van der Waals surface area contributed by atoms with E-state index in [2.05, 4.69) is 15.4 Å². The summed E-state index contributed by atoms with van der Waals surface area (Å²) in [5, 5.41) is 5.61. The van der Waals surface area contributed by atoms with Crippen LogP contribution in [0.3, 0.4) is 0 Å². The van der Waals surface area contributed by atoms with Gasteiger partial charge in [0.25, 0.3) is 0 Å². The molecule has 3 aromatic rings. The quantitative estimate of drug-likeness (QED) is 0.430. The second kappa shape index (κ2) is 10.1. The fraction of sp³-hybridized carbons (Fsp3) is 0.167. The molecule has 1 heterocycles. The Morgan fingerprint density at radius 2 is 1.69 bits per heavy atom. The molecule has 0 radical (unpaired) electrons. The molecular formula is C24H21ClF2N4O4S. The first-order valence-electron chi connectivity index (χ1n) is 10.7. The normalized spacial score (nSPS) is 15.6. The molecule has 0 aliphatic carbocycles. The van der Waals surface area contributed by atoms with Gasteiger partial charge in [0, 0.05) is 28.4 Å². The third-order valence-corrected chi connectivity index (χ3v) is 6.32. The maximum Gasteiger partial charge on any atom is 0.319 e. The summed E-state index contributed by atoms with van der Waals surface area (Å²) in [6.07, 6.45) is 1.14. The van der Waals surface area contributed by atoms with Gasteiger partial charge in [0.05, 0.1) is 17.6 Å². The van der Waals surface area contributed by atoms with E-state index in [0.29, 0.717) is 10.7 Å².